The van der Waals surface area contributed by atoms with Crippen LogP contribution >= 0.6 is 0 Å². The molecule has 1 nitrogen and oxygen atoms in total. The Morgan fingerprint density at radius 2 is 1.94 bits per heavy atom. The van der Waals surface area contributed by atoms with Crippen molar-refractivity contribution >= 4 is 5.57 Å². The largest absolute Gasteiger partial charge is 0.264 e. The Morgan fingerprint density at radius 3 is 2.58 bits per heavy atom. The summed E-state index contributed by atoms with van der Waals surface area (Å²) in [5.41, 5.74) is 8.85. The van der Waals surface area contributed by atoms with Crippen molar-refractivity contribution in [3.05, 3.63) is 71.1 Å². The van der Waals surface area contributed by atoms with E-state index in [0.29, 0.717) is 23.2 Å². The van der Waals surface area contributed by atoms with E-state index in [1.165, 1.54) is 53.5 Å². The van der Waals surface area contributed by atoms with Crippen molar-refractivity contribution in [2.75, 3.05) is 0 Å². The molecule has 0 saturated carbocycles. The highest BCUT2D eigenvalue weighted by Gasteiger charge is 2.39. The Labute approximate surface area is 191 Å². The van der Waals surface area contributed by atoms with Gasteiger partial charge in [0.1, 0.15) is 0 Å². The van der Waals surface area contributed by atoms with Gasteiger partial charge in [-0.2, -0.15) is 0 Å². The maximum atomic E-state index is 4.60. The molecule has 0 amide bonds. The zero-order valence-electron chi connectivity index (χ0n) is 20.8. The summed E-state index contributed by atoms with van der Waals surface area (Å²) in [6, 6.07) is 9.31. The molecule has 0 radical (unpaired) electrons. The molecule has 0 N–H and O–H groups in total. The number of hydrogen-bond donors (Lipinski definition) is 0. The van der Waals surface area contributed by atoms with E-state index in [1.807, 2.05) is 6.20 Å². The lowest BCUT2D eigenvalue weighted by Crippen LogP contribution is -2.32. The zero-order chi connectivity index (χ0) is 22.6. The van der Waals surface area contributed by atoms with Gasteiger partial charge in [0.05, 0.1) is 0 Å². The first kappa shape index (κ1) is 23.8. The zero-order valence-corrected chi connectivity index (χ0v) is 20.8. The Kier molecular flexibility index (Phi) is 7.78. The number of allylic oxidation sites excluding steroid dienone is 1. The molecule has 1 aliphatic rings. The van der Waals surface area contributed by atoms with Crippen molar-refractivity contribution in [1.29, 1.82) is 0 Å². The maximum Gasteiger partial charge on any atom is 0.0302 e. The third kappa shape index (κ3) is 5.88. The van der Waals surface area contributed by atoms with Crippen molar-refractivity contribution in [1.82, 2.24) is 4.98 Å². The van der Waals surface area contributed by atoms with Gasteiger partial charge in [0.25, 0.3) is 0 Å². The van der Waals surface area contributed by atoms with E-state index in [-0.39, 0.29) is 0 Å². The fourth-order valence-electron chi connectivity index (χ4n) is 5.96. The number of nitrogens with zero attached hydrogens (tertiary/aromatic N) is 1. The van der Waals surface area contributed by atoms with Crippen LogP contribution in [0.2, 0.25) is 0 Å². The van der Waals surface area contributed by atoms with Gasteiger partial charge >= 0.3 is 0 Å². The fraction of sp³-hybridized carbons (Fsp3) is 0.567. The molecule has 0 aliphatic heterocycles. The first-order valence-corrected chi connectivity index (χ1v) is 12.4. The fourth-order valence-corrected chi connectivity index (χ4v) is 5.96. The van der Waals surface area contributed by atoms with Crippen LogP contribution in [0.25, 0.3) is 5.57 Å². The van der Waals surface area contributed by atoms with Gasteiger partial charge in [-0.05, 0) is 108 Å². The lowest BCUT2D eigenvalue weighted by Gasteiger charge is -2.43. The van der Waals surface area contributed by atoms with Gasteiger partial charge < -0.3 is 0 Å². The number of hydrogen-bond acceptors (Lipinski definition) is 1. The lowest BCUT2D eigenvalue weighted by atomic mass is 9.61. The van der Waals surface area contributed by atoms with Crippen LogP contribution in [-0.2, 0) is 12.8 Å². The molecule has 0 spiro atoms. The quantitative estimate of drug-likeness (QED) is 0.398. The van der Waals surface area contributed by atoms with Crippen molar-refractivity contribution in [2.24, 2.45) is 17.3 Å². The number of fused-ring (bicyclic) bond motifs is 1. The van der Waals surface area contributed by atoms with Crippen LogP contribution < -0.4 is 0 Å². The van der Waals surface area contributed by atoms with E-state index in [4.69, 9.17) is 0 Å². The molecule has 2 aromatic rings. The second-order valence-corrected chi connectivity index (χ2v) is 11.1. The monoisotopic (exact) mass is 417 g/mol. The summed E-state index contributed by atoms with van der Waals surface area (Å²) < 4.78 is 0. The van der Waals surface area contributed by atoms with Gasteiger partial charge in [-0.25, -0.2) is 0 Å². The number of aryl methyl sites for hydroxylation is 1. The van der Waals surface area contributed by atoms with Crippen LogP contribution in [0.1, 0.15) is 100 Å². The normalized spacial score (nSPS) is 20.8. The number of rotatable bonds is 9. The van der Waals surface area contributed by atoms with Crippen molar-refractivity contribution < 1.29 is 0 Å². The predicted molar refractivity (Wildman–Crippen MR) is 135 cm³/mol. The van der Waals surface area contributed by atoms with Crippen LogP contribution in [0, 0.1) is 24.2 Å². The summed E-state index contributed by atoms with van der Waals surface area (Å²) >= 11 is 0. The van der Waals surface area contributed by atoms with E-state index in [9.17, 15) is 0 Å². The molecule has 1 heterocycles. The first-order valence-electron chi connectivity index (χ1n) is 12.4. The van der Waals surface area contributed by atoms with Gasteiger partial charge in [0.2, 0.25) is 0 Å². The number of benzene rings is 1. The van der Waals surface area contributed by atoms with E-state index >= 15 is 0 Å². The molecular weight excluding hydrogens is 374 g/mol. The van der Waals surface area contributed by atoms with Crippen LogP contribution in [0.4, 0.5) is 0 Å². The summed E-state index contributed by atoms with van der Waals surface area (Å²) in [5.74, 6) is 2.04. The van der Waals surface area contributed by atoms with E-state index in [1.54, 1.807) is 5.56 Å². The molecule has 0 bridgehead atoms. The Bertz CT molecular complexity index is 891. The Balaban J connectivity index is 1.87. The number of pyridine rings is 1. The molecule has 31 heavy (non-hydrogen) atoms. The van der Waals surface area contributed by atoms with Crippen molar-refractivity contribution in [2.45, 2.75) is 92.4 Å². The van der Waals surface area contributed by atoms with E-state index in [2.05, 4.69) is 83.6 Å². The van der Waals surface area contributed by atoms with Gasteiger partial charge in [-0.3, -0.25) is 4.98 Å². The van der Waals surface area contributed by atoms with Gasteiger partial charge in [-0.15, -0.1) is 0 Å². The van der Waals surface area contributed by atoms with Crippen molar-refractivity contribution in [3.8, 4) is 0 Å². The second-order valence-electron chi connectivity index (χ2n) is 11.1. The molecule has 1 heteroatoms. The van der Waals surface area contributed by atoms with Gasteiger partial charge in [-0.1, -0.05) is 65.8 Å². The average Bonchev–Trinajstić information content (AvgIpc) is 2.69. The van der Waals surface area contributed by atoms with Gasteiger partial charge in [0, 0.05) is 12.4 Å². The second kappa shape index (κ2) is 10.2. The SMILES string of the molecule is C=C(CC1(CCC)Cc2cnccc2C(CC(C)C)C1)c1ccc(CC(C)C)c(C)c1. The minimum absolute atomic E-state index is 0.298. The molecular formula is C30H43N. The minimum atomic E-state index is 0.298. The van der Waals surface area contributed by atoms with Crippen molar-refractivity contribution in [3.63, 3.8) is 0 Å². The van der Waals surface area contributed by atoms with E-state index < -0.39 is 0 Å². The van der Waals surface area contributed by atoms with E-state index in [0.717, 1.165) is 19.3 Å². The Morgan fingerprint density at radius 1 is 1.16 bits per heavy atom. The minimum Gasteiger partial charge on any atom is -0.264 e. The lowest BCUT2D eigenvalue weighted by molar-refractivity contribution is 0.195. The van der Waals surface area contributed by atoms with Crippen LogP contribution in [-0.4, -0.2) is 4.98 Å². The standard InChI is InChI=1S/C30H43N/c1-8-12-30(17-24(7)26-10-9-25(14-21(2)3)23(6)16-26)18-27(15-22(4)5)29-11-13-31-20-28(29)19-30/h9-11,13,16,20-22,27H,7-8,12,14-15,17-19H2,1-6H3. The number of aromatic nitrogens is 1. The topological polar surface area (TPSA) is 12.9 Å². The summed E-state index contributed by atoms with van der Waals surface area (Å²) in [7, 11) is 0. The highest BCUT2D eigenvalue weighted by molar-refractivity contribution is 5.65. The molecule has 1 aromatic heterocycles. The summed E-state index contributed by atoms with van der Waals surface area (Å²) in [4.78, 5) is 4.50. The van der Waals surface area contributed by atoms with Crippen LogP contribution in [0.3, 0.4) is 0 Å². The van der Waals surface area contributed by atoms with Gasteiger partial charge in [0.15, 0.2) is 0 Å². The average molecular weight is 418 g/mol. The molecule has 168 valence electrons. The summed E-state index contributed by atoms with van der Waals surface area (Å²) in [5, 5.41) is 0. The molecule has 3 rings (SSSR count). The predicted octanol–water partition coefficient (Wildman–Crippen LogP) is 8.55. The first-order chi connectivity index (χ1) is 14.7. The third-order valence-electron chi connectivity index (χ3n) is 7.13. The summed E-state index contributed by atoms with van der Waals surface area (Å²) in [6.07, 6.45) is 12.5. The molecule has 0 fully saturated rings. The molecule has 1 aliphatic carbocycles. The maximum absolute atomic E-state index is 4.60. The smallest absolute Gasteiger partial charge is 0.0302 e. The molecule has 2 atom stereocenters. The third-order valence-corrected chi connectivity index (χ3v) is 7.13. The molecule has 1 aromatic carbocycles. The summed E-state index contributed by atoms with van der Waals surface area (Å²) in [6.45, 7) is 18.5. The molecule has 2 unspecified atom stereocenters. The highest BCUT2D eigenvalue weighted by Crippen LogP contribution is 2.51. The highest BCUT2D eigenvalue weighted by atomic mass is 14.6. The van der Waals surface area contributed by atoms with Crippen LogP contribution in [0.5, 0.6) is 0 Å². The van der Waals surface area contributed by atoms with Crippen LogP contribution in [0.15, 0.2) is 43.2 Å². The Hall–Kier alpha value is -1.89. The molecule has 0 saturated heterocycles.